The topological polar surface area (TPSA) is 44.5 Å². The van der Waals surface area contributed by atoms with Crippen molar-refractivity contribution in [2.45, 2.75) is 18.9 Å². The predicted molar refractivity (Wildman–Crippen MR) is 63.0 cm³/mol. The summed E-state index contributed by atoms with van der Waals surface area (Å²) in [7, 11) is 0. The molecule has 2 N–H and O–H groups in total. The number of nitrogens with two attached hydrogens (primary N) is 1. The van der Waals surface area contributed by atoms with Crippen molar-refractivity contribution in [1.29, 1.82) is 0 Å². The average molecular weight is 272 g/mol. The van der Waals surface area contributed by atoms with Crippen molar-refractivity contribution in [2.24, 2.45) is 0 Å². The number of nitrogen functional groups attached to an aromatic ring is 1. The maximum Gasteiger partial charge on any atom is 0.123 e. The van der Waals surface area contributed by atoms with E-state index in [0.29, 0.717) is 12.3 Å². The van der Waals surface area contributed by atoms with E-state index < -0.39 is 0 Å². The Bertz CT molecular complexity index is 317. The van der Waals surface area contributed by atoms with Crippen LogP contribution in [0.4, 0.5) is 5.69 Å². The lowest BCUT2D eigenvalue weighted by atomic mass is 10.2. The van der Waals surface area contributed by atoms with Crippen molar-refractivity contribution in [3.8, 4) is 5.75 Å². The molecule has 82 valence electrons. The molecule has 0 aromatic heterocycles. The average Bonchev–Trinajstić information content (AvgIpc) is 2.17. The summed E-state index contributed by atoms with van der Waals surface area (Å²) >= 11 is 3.39. The van der Waals surface area contributed by atoms with Crippen LogP contribution in [0.15, 0.2) is 22.7 Å². The largest absolute Gasteiger partial charge is 0.488 e. The summed E-state index contributed by atoms with van der Waals surface area (Å²) in [5, 5.41) is 0. The third-order valence-electron chi connectivity index (χ3n) is 2.31. The first-order chi connectivity index (χ1) is 7.24. The minimum absolute atomic E-state index is 0.160. The van der Waals surface area contributed by atoms with Crippen LogP contribution >= 0.6 is 15.9 Å². The zero-order valence-corrected chi connectivity index (χ0v) is 10.00. The van der Waals surface area contributed by atoms with Gasteiger partial charge in [-0.05, 0) is 25.0 Å². The molecular formula is C11H14BrNO2. The van der Waals surface area contributed by atoms with Gasteiger partial charge in [0.2, 0.25) is 0 Å². The van der Waals surface area contributed by atoms with Crippen LogP contribution in [0.3, 0.4) is 0 Å². The molecule has 0 saturated carbocycles. The van der Waals surface area contributed by atoms with Gasteiger partial charge < -0.3 is 15.2 Å². The molecule has 15 heavy (non-hydrogen) atoms. The summed E-state index contributed by atoms with van der Waals surface area (Å²) in [6.45, 7) is 1.52. The van der Waals surface area contributed by atoms with Gasteiger partial charge in [0.05, 0.1) is 6.61 Å². The smallest absolute Gasteiger partial charge is 0.123 e. The molecule has 0 aliphatic carbocycles. The molecule has 0 spiro atoms. The summed E-state index contributed by atoms with van der Waals surface area (Å²) in [4.78, 5) is 0. The number of anilines is 1. The minimum Gasteiger partial charge on any atom is -0.488 e. The highest BCUT2D eigenvalue weighted by atomic mass is 79.9. The molecule has 1 aromatic carbocycles. The third-order valence-corrected chi connectivity index (χ3v) is 2.77. The molecule has 4 heteroatoms. The summed E-state index contributed by atoms with van der Waals surface area (Å²) in [6.07, 6.45) is 2.27. The fourth-order valence-corrected chi connectivity index (χ4v) is 2.14. The van der Waals surface area contributed by atoms with E-state index in [1.54, 1.807) is 0 Å². The van der Waals surface area contributed by atoms with Crippen molar-refractivity contribution >= 4 is 21.6 Å². The number of hydrogen-bond acceptors (Lipinski definition) is 3. The van der Waals surface area contributed by atoms with E-state index in [2.05, 4.69) is 15.9 Å². The maximum atomic E-state index is 5.78. The molecule has 2 rings (SSSR count). The van der Waals surface area contributed by atoms with Crippen LogP contribution in [-0.2, 0) is 4.74 Å². The predicted octanol–water partition coefficient (Wildman–Crippen LogP) is 2.59. The summed E-state index contributed by atoms with van der Waals surface area (Å²) in [5.74, 6) is 0.803. The first-order valence-electron chi connectivity index (χ1n) is 5.04. The van der Waals surface area contributed by atoms with Gasteiger partial charge in [-0.2, -0.15) is 0 Å². The van der Waals surface area contributed by atoms with Gasteiger partial charge in [-0.15, -0.1) is 0 Å². The van der Waals surface area contributed by atoms with Gasteiger partial charge in [0.25, 0.3) is 0 Å². The summed E-state index contributed by atoms with van der Waals surface area (Å²) in [5.41, 5.74) is 6.43. The monoisotopic (exact) mass is 271 g/mol. The van der Waals surface area contributed by atoms with Crippen LogP contribution in [0.1, 0.15) is 12.8 Å². The second kappa shape index (κ2) is 4.86. The summed E-state index contributed by atoms with van der Waals surface area (Å²) < 4.78 is 12.1. The number of rotatable bonds is 2. The molecule has 1 unspecified atom stereocenters. The van der Waals surface area contributed by atoms with E-state index in [0.717, 1.165) is 29.7 Å². The minimum atomic E-state index is 0.160. The molecule has 0 bridgehead atoms. The first kappa shape index (κ1) is 10.8. The lowest BCUT2D eigenvalue weighted by molar-refractivity contribution is 0.00743. The number of benzene rings is 1. The van der Waals surface area contributed by atoms with Crippen LogP contribution in [0.5, 0.6) is 5.75 Å². The fourth-order valence-electron chi connectivity index (χ4n) is 1.65. The van der Waals surface area contributed by atoms with Gasteiger partial charge in [-0.1, -0.05) is 15.9 Å². The molecule has 0 amide bonds. The Kier molecular flexibility index (Phi) is 3.49. The molecule has 1 fully saturated rings. The van der Waals surface area contributed by atoms with Crippen LogP contribution in [0, 0.1) is 0 Å². The Hall–Kier alpha value is -0.740. The van der Waals surface area contributed by atoms with Crippen LogP contribution in [-0.4, -0.2) is 19.3 Å². The molecule has 1 heterocycles. The zero-order chi connectivity index (χ0) is 10.7. The Morgan fingerprint density at radius 2 is 2.27 bits per heavy atom. The molecule has 1 aromatic rings. The molecular weight excluding hydrogens is 258 g/mol. The SMILES string of the molecule is Nc1cc(Br)cc(OC2CCCOC2)c1. The molecule has 1 aliphatic rings. The lowest BCUT2D eigenvalue weighted by Crippen LogP contribution is -2.28. The van der Waals surface area contributed by atoms with E-state index in [9.17, 15) is 0 Å². The van der Waals surface area contributed by atoms with Crippen LogP contribution in [0.25, 0.3) is 0 Å². The van der Waals surface area contributed by atoms with Crippen molar-refractivity contribution in [3.63, 3.8) is 0 Å². The van der Waals surface area contributed by atoms with E-state index in [1.807, 2.05) is 18.2 Å². The van der Waals surface area contributed by atoms with Gasteiger partial charge >= 0.3 is 0 Å². The second-order valence-electron chi connectivity index (χ2n) is 3.68. The Balaban J connectivity index is 2.02. The molecule has 3 nitrogen and oxygen atoms in total. The van der Waals surface area contributed by atoms with Crippen molar-refractivity contribution in [1.82, 2.24) is 0 Å². The Morgan fingerprint density at radius 1 is 1.40 bits per heavy atom. The van der Waals surface area contributed by atoms with E-state index in [-0.39, 0.29) is 6.10 Å². The van der Waals surface area contributed by atoms with E-state index >= 15 is 0 Å². The normalized spacial score (nSPS) is 21.3. The molecule has 0 radical (unpaired) electrons. The van der Waals surface area contributed by atoms with Crippen LogP contribution < -0.4 is 10.5 Å². The highest BCUT2D eigenvalue weighted by Gasteiger charge is 2.15. The van der Waals surface area contributed by atoms with Crippen molar-refractivity contribution in [3.05, 3.63) is 22.7 Å². The number of halogens is 1. The number of ether oxygens (including phenoxy) is 2. The molecule has 1 saturated heterocycles. The Morgan fingerprint density at radius 3 is 2.93 bits per heavy atom. The molecule has 1 aliphatic heterocycles. The summed E-state index contributed by atoms with van der Waals surface area (Å²) in [6, 6.07) is 5.61. The second-order valence-corrected chi connectivity index (χ2v) is 4.59. The van der Waals surface area contributed by atoms with Gasteiger partial charge in [-0.25, -0.2) is 0 Å². The van der Waals surface area contributed by atoms with Crippen LogP contribution in [0.2, 0.25) is 0 Å². The maximum absolute atomic E-state index is 5.78. The Labute approximate surface area is 97.7 Å². The quantitative estimate of drug-likeness (QED) is 0.841. The zero-order valence-electron chi connectivity index (χ0n) is 8.41. The number of hydrogen-bond donors (Lipinski definition) is 1. The first-order valence-corrected chi connectivity index (χ1v) is 5.84. The van der Waals surface area contributed by atoms with Gasteiger partial charge in [-0.3, -0.25) is 0 Å². The van der Waals surface area contributed by atoms with Crippen molar-refractivity contribution < 1.29 is 9.47 Å². The van der Waals surface area contributed by atoms with E-state index in [1.165, 1.54) is 0 Å². The fraction of sp³-hybridized carbons (Fsp3) is 0.455. The van der Waals surface area contributed by atoms with Gasteiger partial charge in [0, 0.05) is 22.8 Å². The van der Waals surface area contributed by atoms with Crippen molar-refractivity contribution in [2.75, 3.05) is 18.9 Å². The van der Waals surface area contributed by atoms with Gasteiger partial charge in [0.15, 0.2) is 0 Å². The van der Waals surface area contributed by atoms with Gasteiger partial charge in [0.1, 0.15) is 11.9 Å². The lowest BCUT2D eigenvalue weighted by Gasteiger charge is -2.23. The third kappa shape index (κ3) is 3.11. The molecule has 1 atom stereocenters. The highest BCUT2D eigenvalue weighted by Crippen LogP contribution is 2.25. The standard InChI is InChI=1S/C11H14BrNO2/c12-8-4-9(13)6-11(5-8)15-10-2-1-3-14-7-10/h4-6,10H,1-3,7,13H2. The highest BCUT2D eigenvalue weighted by molar-refractivity contribution is 9.10. The van der Waals surface area contributed by atoms with E-state index in [4.69, 9.17) is 15.2 Å².